The van der Waals surface area contributed by atoms with Gasteiger partial charge in [-0.25, -0.2) is 0 Å². The Bertz CT molecular complexity index is 321. The maximum absolute atomic E-state index is 5.84. The van der Waals surface area contributed by atoms with E-state index in [1.54, 1.807) is 4.88 Å². The highest BCUT2D eigenvalue weighted by molar-refractivity contribution is 7.12. The summed E-state index contributed by atoms with van der Waals surface area (Å²) in [5, 5.41) is 3.18. The number of fused-ring (bicyclic) bond motifs is 1. The number of rotatable bonds is 4. The number of hydrogen-bond donors (Lipinski definition) is 1. The van der Waals surface area contributed by atoms with Gasteiger partial charge in [-0.05, 0) is 45.0 Å². The number of aryl methyl sites for hydroxylation is 1. The number of nitrogens with one attached hydrogen (secondary N) is 1. The number of hydrogen-bond acceptors (Lipinski definition) is 3. The van der Waals surface area contributed by atoms with E-state index in [0.29, 0.717) is 6.10 Å². The molecule has 1 atom stereocenters. The van der Waals surface area contributed by atoms with Crippen LogP contribution in [0.15, 0.2) is 6.07 Å². The quantitative estimate of drug-likeness (QED) is 0.795. The average molecular weight is 225 g/mol. The highest BCUT2D eigenvalue weighted by Crippen LogP contribution is 2.35. The minimum Gasteiger partial charge on any atom is -0.373 e. The lowest BCUT2D eigenvalue weighted by atomic mass is 10.0. The molecule has 15 heavy (non-hydrogen) atoms. The molecular formula is C12H19NOS. The molecule has 0 spiro atoms. The van der Waals surface area contributed by atoms with Crippen LogP contribution in [0.4, 0.5) is 0 Å². The smallest absolute Gasteiger partial charge is 0.0836 e. The fourth-order valence-corrected chi connectivity index (χ4v) is 3.20. The maximum atomic E-state index is 5.84. The van der Waals surface area contributed by atoms with Gasteiger partial charge in [-0.2, -0.15) is 0 Å². The van der Waals surface area contributed by atoms with Gasteiger partial charge in [-0.15, -0.1) is 11.3 Å². The molecule has 2 nitrogen and oxygen atoms in total. The normalized spacial score (nSPS) is 20.3. The summed E-state index contributed by atoms with van der Waals surface area (Å²) < 4.78 is 5.84. The van der Waals surface area contributed by atoms with Crippen LogP contribution in [0, 0.1) is 6.92 Å². The minimum absolute atomic E-state index is 0.354. The van der Waals surface area contributed by atoms with Crippen molar-refractivity contribution in [1.29, 1.82) is 0 Å². The molecule has 0 unspecified atom stereocenters. The molecule has 1 aliphatic rings. The van der Waals surface area contributed by atoms with Gasteiger partial charge >= 0.3 is 0 Å². The SMILES string of the molecule is CNCCC[C@@H]1OCCc2sc(C)cc21. The van der Waals surface area contributed by atoms with Gasteiger partial charge in [0, 0.05) is 16.2 Å². The van der Waals surface area contributed by atoms with Crippen LogP contribution in [0.1, 0.15) is 34.3 Å². The lowest BCUT2D eigenvalue weighted by molar-refractivity contribution is 0.0366. The summed E-state index contributed by atoms with van der Waals surface area (Å²) in [5.74, 6) is 0. The highest BCUT2D eigenvalue weighted by atomic mass is 32.1. The minimum atomic E-state index is 0.354. The van der Waals surface area contributed by atoms with Crippen LogP contribution in [0.2, 0.25) is 0 Å². The van der Waals surface area contributed by atoms with Gasteiger partial charge < -0.3 is 10.1 Å². The second-order valence-corrected chi connectivity index (χ2v) is 5.43. The summed E-state index contributed by atoms with van der Waals surface area (Å²) in [7, 11) is 2.00. The molecule has 1 aromatic heterocycles. The molecule has 2 rings (SSSR count). The lowest BCUT2D eigenvalue weighted by Gasteiger charge is -2.23. The molecule has 0 amide bonds. The Hall–Kier alpha value is -0.380. The molecule has 3 heteroatoms. The molecule has 1 aromatic rings. The first-order valence-corrected chi connectivity index (χ1v) is 6.48. The van der Waals surface area contributed by atoms with Crippen molar-refractivity contribution in [2.45, 2.75) is 32.3 Å². The summed E-state index contributed by atoms with van der Waals surface area (Å²) in [6, 6.07) is 2.31. The van der Waals surface area contributed by atoms with Crippen molar-refractivity contribution < 1.29 is 4.74 Å². The van der Waals surface area contributed by atoms with Gasteiger partial charge in [0.25, 0.3) is 0 Å². The molecule has 0 fully saturated rings. The molecule has 0 aliphatic carbocycles. The first-order chi connectivity index (χ1) is 7.31. The van der Waals surface area contributed by atoms with E-state index < -0.39 is 0 Å². The van der Waals surface area contributed by atoms with Gasteiger partial charge in [0.2, 0.25) is 0 Å². The average Bonchev–Trinajstić information content (AvgIpc) is 2.59. The van der Waals surface area contributed by atoms with Gasteiger partial charge in [0.1, 0.15) is 0 Å². The van der Waals surface area contributed by atoms with Crippen LogP contribution in [-0.4, -0.2) is 20.2 Å². The molecule has 1 aliphatic heterocycles. The summed E-state index contributed by atoms with van der Waals surface area (Å²) in [6.45, 7) is 4.17. The van der Waals surface area contributed by atoms with Crippen molar-refractivity contribution in [2.24, 2.45) is 0 Å². The largest absolute Gasteiger partial charge is 0.373 e. The Morgan fingerprint density at radius 3 is 3.27 bits per heavy atom. The fourth-order valence-electron chi connectivity index (χ4n) is 2.14. The van der Waals surface area contributed by atoms with Crippen LogP contribution in [0.3, 0.4) is 0 Å². The third-order valence-corrected chi connectivity index (χ3v) is 3.98. The van der Waals surface area contributed by atoms with Crippen LogP contribution in [0.5, 0.6) is 0 Å². The predicted molar refractivity (Wildman–Crippen MR) is 64.6 cm³/mol. The second kappa shape index (κ2) is 5.10. The van der Waals surface area contributed by atoms with E-state index in [4.69, 9.17) is 4.74 Å². The third kappa shape index (κ3) is 2.60. The van der Waals surface area contributed by atoms with E-state index in [0.717, 1.165) is 26.0 Å². The number of thiophene rings is 1. The van der Waals surface area contributed by atoms with E-state index in [1.807, 2.05) is 18.4 Å². The molecule has 0 aromatic carbocycles. The van der Waals surface area contributed by atoms with Crippen LogP contribution in [0.25, 0.3) is 0 Å². The lowest BCUT2D eigenvalue weighted by Crippen LogP contribution is -2.16. The Kier molecular flexibility index (Phi) is 3.78. The molecule has 2 heterocycles. The Morgan fingerprint density at radius 2 is 2.47 bits per heavy atom. The summed E-state index contributed by atoms with van der Waals surface area (Å²) in [6.07, 6.45) is 3.79. The molecule has 1 N–H and O–H groups in total. The second-order valence-electron chi connectivity index (χ2n) is 4.09. The number of ether oxygens (including phenoxy) is 1. The highest BCUT2D eigenvalue weighted by Gasteiger charge is 2.22. The van der Waals surface area contributed by atoms with Gasteiger partial charge in [-0.1, -0.05) is 0 Å². The fraction of sp³-hybridized carbons (Fsp3) is 0.667. The monoisotopic (exact) mass is 225 g/mol. The van der Waals surface area contributed by atoms with Crippen molar-refractivity contribution in [3.8, 4) is 0 Å². The summed E-state index contributed by atoms with van der Waals surface area (Å²) in [4.78, 5) is 2.97. The summed E-state index contributed by atoms with van der Waals surface area (Å²) >= 11 is 1.94. The van der Waals surface area contributed by atoms with Crippen molar-refractivity contribution in [1.82, 2.24) is 5.32 Å². The Balaban J connectivity index is 2.01. The standard InChI is InChI=1S/C12H19NOS/c1-9-8-10-11(4-3-6-13-2)14-7-5-12(10)15-9/h8,11,13H,3-7H2,1-2H3/t11-/m0/s1. The van der Waals surface area contributed by atoms with E-state index in [-0.39, 0.29) is 0 Å². The van der Waals surface area contributed by atoms with E-state index >= 15 is 0 Å². The zero-order valence-corrected chi connectivity index (χ0v) is 10.3. The molecule has 0 saturated carbocycles. The van der Waals surface area contributed by atoms with Crippen molar-refractivity contribution in [3.63, 3.8) is 0 Å². The molecule has 0 saturated heterocycles. The Labute approximate surface area is 95.6 Å². The van der Waals surface area contributed by atoms with E-state index in [9.17, 15) is 0 Å². The van der Waals surface area contributed by atoms with E-state index in [2.05, 4.69) is 18.3 Å². The van der Waals surface area contributed by atoms with Crippen LogP contribution >= 0.6 is 11.3 Å². The zero-order valence-electron chi connectivity index (χ0n) is 9.51. The molecular weight excluding hydrogens is 206 g/mol. The van der Waals surface area contributed by atoms with Gasteiger partial charge in [0.05, 0.1) is 12.7 Å². The first kappa shape index (κ1) is 11.1. The predicted octanol–water partition coefficient (Wildman–Crippen LogP) is 2.67. The zero-order chi connectivity index (χ0) is 10.7. The van der Waals surface area contributed by atoms with Gasteiger partial charge in [-0.3, -0.25) is 0 Å². The van der Waals surface area contributed by atoms with Crippen LogP contribution < -0.4 is 5.32 Å². The topological polar surface area (TPSA) is 21.3 Å². The maximum Gasteiger partial charge on any atom is 0.0836 e. The van der Waals surface area contributed by atoms with Crippen molar-refractivity contribution in [2.75, 3.05) is 20.2 Å². The molecule has 0 radical (unpaired) electrons. The van der Waals surface area contributed by atoms with Crippen molar-refractivity contribution in [3.05, 3.63) is 21.4 Å². The van der Waals surface area contributed by atoms with Crippen LogP contribution in [-0.2, 0) is 11.2 Å². The third-order valence-electron chi connectivity index (χ3n) is 2.85. The molecule has 84 valence electrons. The van der Waals surface area contributed by atoms with Crippen molar-refractivity contribution >= 4 is 11.3 Å². The summed E-state index contributed by atoms with van der Waals surface area (Å²) in [5.41, 5.74) is 1.46. The Morgan fingerprint density at radius 1 is 1.60 bits per heavy atom. The van der Waals surface area contributed by atoms with Gasteiger partial charge in [0.15, 0.2) is 0 Å². The van der Waals surface area contributed by atoms with E-state index in [1.165, 1.54) is 16.9 Å². The first-order valence-electron chi connectivity index (χ1n) is 5.66. The molecule has 0 bridgehead atoms.